The Labute approximate surface area is 192 Å². The molecule has 0 saturated carbocycles. The van der Waals surface area contributed by atoms with Crippen LogP contribution in [0.3, 0.4) is 0 Å². The molecular weight excluding hydrogens is 424 g/mol. The summed E-state index contributed by atoms with van der Waals surface area (Å²) in [6, 6.07) is 21.1. The predicted molar refractivity (Wildman–Crippen MR) is 127 cm³/mol. The summed E-state index contributed by atoms with van der Waals surface area (Å²) in [5, 5.41) is 7.94. The Morgan fingerprint density at radius 2 is 1.69 bits per heavy atom. The fourth-order valence-corrected chi connectivity index (χ4v) is 4.15. The van der Waals surface area contributed by atoms with E-state index in [1.54, 1.807) is 18.2 Å². The highest BCUT2D eigenvalue weighted by Gasteiger charge is 2.21. The summed E-state index contributed by atoms with van der Waals surface area (Å²) in [5.74, 6) is 1.14. The number of amides is 1. The van der Waals surface area contributed by atoms with Crippen LogP contribution in [0.2, 0.25) is 5.02 Å². The van der Waals surface area contributed by atoms with Crippen molar-refractivity contribution in [3.8, 4) is 0 Å². The molecule has 1 aliphatic rings. The van der Waals surface area contributed by atoms with E-state index in [0.717, 1.165) is 43.7 Å². The standard InChI is InChI=1S/C25H27ClN4O2/c26-22-8-6-21(7-9-22)17-27-24(31)18-30-25(32)11-10-23(28-30)29-14-12-20(13-15-29)16-19-4-2-1-3-5-19/h1-11,20H,12-18H2,(H,27,31). The van der Waals surface area contributed by atoms with Gasteiger partial charge in [-0.05, 0) is 54.5 Å². The van der Waals surface area contributed by atoms with Crippen LogP contribution in [0.1, 0.15) is 24.0 Å². The first-order valence-electron chi connectivity index (χ1n) is 10.9. The van der Waals surface area contributed by atoms with Gasteiger partial charge in [0.2, 0.25) is 5.91 Å². The van der Waals surface area contributed by atoms with Gasteiger partial charge < -0.3 is 10.2 Å². The number of hydrogen-bond acceptors (Lipinski definition) is 4. The molecular formula is C25H27ClN4O2. The molecule has 4 rings (SSSR count). The predicted octanol–water partition coefficient (Wildman–Crippen LogP) is 3.67. The van der Waals surface area contributed by atoms with Crippen LogP contribution in [-0.2, 0) is 24.3 Å². The maximum atomic E-state index is 12.4. The van der Waals surface area contributed by atoms with Crippen LogP contribution in [-0.4, -0.2) is 28.8 Å². The van der Waals surface area contributed by atoms with Gasteiger partial charge in [-0.2, -0.15) is 5.10 Å². The SMILES string of the molecule is O=C(Cn1nc(N2CCC(Cc3ccccc3)CC2)ccc1=O)NCc1ccc(Cl)cc1. The first-order chi connectivity index (χ1) is 15.6. The molecule has 166 valence electrons. The second-order valence-electron chi connectivity index (χ2n) is 8.21. The Morgan fingerprint density at radius 3 is 2.41 bits per heavy atom. The molecule has 1 aromatic heterocycles. The lowest BCUT2D eigenvalue weighted by molar-refractivity contribution is -0.122. The number of nitrogens with zero attached hydrogens (tertiary/aromatic N) is 3. The fourth-order valence-electron chi connectivity index (χ4n) is 4.03. The van der Waals surface area contributed by atoms with Gasteiger partial charge in [-0.1, -0.05) is 54.1 Å². The number of carbonyl (C=O) groups excluding carboxylic acids is 1. The van der Waals surface area contributed by atoms with Crippen molar-refractivity contribution >= 4 is 23.3 Å². The van der Waals surface area contributed by atoms with Crippen molar-refractivity contribution in [2.75, 3.05) is 18.0 Å². The lowest BCUT2D eigenvalue weighted by Gasteiger charge is -2.33. The number of piperidine rings is 1. The summed E-state index contributed by atoms with van der Waals surface area (Å²) in [7, 11) is 0. The second kappa shape index (κ2) is 10.5. The second-order valence-corrected chi connectivity index (χ2v) is 8.65. The topological polar surface area (TPSA) is 67.2 Å². The van der Waals surface area contributed by atoms with Gasteiger partial charge in [-0.3, -0.25) is 9.59 Å². The van der Waals surface area contributed by atoms with Crippen LogP contribution in [0.15, 0.2) is 71.5 Å². The molecule has 2 heterocycles. The maximum absolute atomic E-state index is 12.4. The van der Waals surface area contributed by atoms with E-state index in [-0.39, 0.29) is 18.0 Å². The first kappa shape index (κ1) is 22.1. The average molecular weight is 451 g/mol. The Morgan fingerprint density at radius 1 is 0.969 bits per heavy atom. The van der Waals surface area contributed by atoms with E-state index < -0.39 is 0 Å². The summed E-state index contributed by atoms with van der Waals surface area (Å²) in [5.41, 5.74) is 2.03. The summed E-state index contributed by atoms with van der Waals surface area (Å²) in [6.45, 7) is 2.06. The van der Waals surface area contributed by atoms with Crippen molar-refractivity contribution in [3.05, 3.63) is 93.2 Å². The zero-order chi connectivity index (χ0) is 22.3. The summed E-state index contributed by atoms with van der Waals surface area (Å²) in [6.07, 6.45) is 3.25. The van der Waals surface area contributed by atoms with Crippen LogP contribution in [0, 0.1) is 5.92 Å². The highest BCUT2D eigenvalue weighted by atomic mass is 35.5. The molecule has 1 aliphatic heterocycles. The van der Waals surface area contributed by atoms with Gasteiger partial charge in [0.1, 0.15) is 12.4 Å². The number of aromatic nitrogens is 2. The third-order valence-electron chi connectivity index (χ3n) is 5.85. The van der Waals surface area contributed by atoms with Gasteiger partial charge >= 0.3 is 0 Å². The third kappa shape index (κ3) is 5.98. The molecule has 0 spiro atoms. The van der Waals surface area contributed by atoms with E-state index in [2.05, 4.69) is 39.6 Å². The Hall–Kier alpha value is -3.12. The van der Waals surface area contributed by atoms with E-state index in [1.165, 1.54) is 16.3 Å². The number of benzene rings is 2. The zero-order valence-electron chi connectivity index (χ0n) is 17.9. The number of rotatable bonds is 7. The van der Waals surface area contributed by atoms with Gasteiger partial charge in [0, 0.05) is 30.7 Å². The van der Waals surface area contributed by atoms with E-state index in [0.29, 0.717) is 17.5 Å². The maximum Gasteiger partial charge on any atom is 0.267 e. The number of halogens is 1. The van der Waals surface area contributed by atoms with Crippen molar-refractivity contribution in [2.45, 2.75) is 32.4 Å². The minimum atomic E-state index is -0.283. The average Bonchev–Trinajstić information content (AvgIpc) is 2.81. The molecule has 1 amide bonds. The van der Waals surface area contributed by atoms with Crippen molar-refractivity contribution in [1.82, 2.24) is 15.1 Å². The van der Waals surface area contributed by atoms with E-state index in [9.17, 15) is 9.59 Å². The minimum Gasteiger partial charge on any atom is -0.355 e. The van der Waals surface area contributed by atoms with E-state index in [4.69, 9.17) is 11.6 Å². The largest absolute Gasteiger partial charge is 0.355 e. The molecule has 0 aliphatic carbocycles. The summed E-state index contributed by atoms with van der Waals surface area (Å²) < 4.78 is 1.24. The van der Waals surface area contributed by atoms with Crippen molar-refractivity contribution in [2.24, 2.45) is 5.92 Å². The van der Waals surface area contributed by atoms with Crippen LogP contribution >= 0.6 is 11.6 Å². The lowest BCUT2D eigenvalue weighted by Crippen LogP contribution is -2.38. The minimum absolute atomic E-state index is 0.106. The molecule has 0 atom stereocenters. The Bertz CT molecular complexity index is 1090. The van der Waals surface area contributed by atoms with Gasteiger partial charge in [0.15, 0.2) is 0 Å². The van der Waals surface area contributed by atoms with Crippen molar-refractivity contribution in [3.63, 3.8) is 0 Å². The highest BCUT2D eigenvalue weighted by molar-refractivity contribution is 6.30. The normalized spacial score (nSPS) is 14.3. The Balaban J connectivity index is 1.32. The monoisotopic (exact) mass is 450 g/mol. The molecule has 32 heavy (non-hydrogen) atoms. The Kier molecular flexibility index (Phi) is 7.22. The smallest absolute Gasteiger partial charge is 0.267 e. The zero-order valence-corrected chi connectivity index (χ0v) is 18.7. The van der Waals surface area contributed by atoms with Crippen LogP contribution in [0.25, 0.3) is 0 Å². The molecule has 0 radical (unpaired) electrons. The van der Waals surface area contributed by atoms with Gasteiger partial charge in [0.05, 0.1) is 0 Å². The summed E-state index contributed by atoms with van der Waals surface area (Å²) >= 11 is 5.88. The first-order valence-corrected chi connectivity index (χ1v) is 11.3. The number of carbonyl (C=O) groups is 1. The number of nitrogens with one attached hydrogen (secondary N) is 1. The van der Waals surface area contributed by atoms with E-state index in [1.807, 2.05) is 18.2 Å². The molecule has 7 heteroatoms. The molecule has 6 nitrogen and oxygen atoms in total. The van der Waals surface area contributed by atoms with Crippen LogP contribution in [0.5, 0.6) is 0 Å². The van der Waals surface area contributed by atoms with Gasteiger partial charge in [-0.25, -0.2) is 4.68 Å². The lowest BCUT2D eigenvalue weighted by atomic mass is 9.90. The highest BCUT2D eigenvalue weighted by Crippen LogP contribution is 2.24. The van der Waals surface area contributed by atoms with Crippen molar-refractivity contribution in [1.29, 1.82) is 0 Å². The third-order valence-corrected chi connectivity index (χ3v) is 6.11. The number of anilines is 1. The molecule has 1 N–H and O–H groups in total. The van der Waals surface area contributed by atoms with E-state index >= 15 is 0 Å². The molecule has 0 bridgehead atoms. The molecule has 0 unspecified atom stereocenters. The number of hydrogen-bond donors (Lipinski definition) is 1. The quantitative estimate of drug-likeness (QED) is 0.596. The van der Waals surface area contributed by atoms with Crippen LogP contribution in [0.4, 0.5) is 5.82 Å². The van der Waals surface area contributed by atoms with Crippen molar-refractivity contribution < 1.29 is 4.79 Å². The molecule has 3 aromatic rings. The molecule has 1 fully saturated rings. The molecule has 1 saturated heterocycles. The van der Waals surface area contributed by atoms with Crippen LogP contribution < -0.4 is 15.8 Å². The van der Waals surface area contributed by atoms with Gasteiger partial charge in [-0.15, -0.1) is 0 Å². The fraction of sp³-hybridized carbons (Fsp3) is 0.320. The summed E-state index contributed by atoms with van der Waals surface area (Å²) in [4.78, 5) is 26.8. The molecule has 2 aromatic carbocycles. The van der Waals surface area contributed by atoms with Gasteiger partial charge in [0.25, 0.3) is 5.56 Å².